The van der Waals surface area contributed by atoms with Crippen LogP contribution in [0.2, 0.25) is 96.7 Å². The van der Waals surface area contributed by atoms with E-state index >= 15 is 0 Å². The molecule has 0 aliphatic heterocycles. The third-order valence-electron chi connectivity index (χ3n) is 3.96. The number of hydrogen-bond donors (Lipinski definition) is 0. The van der Waals surface area contributed by atoms with Crippen LogP contribution in [0.25, 0.3) is 0 Å². The van der Waals surface area contributed by atoms with E-state index in [0.717, 1.165) is 12.1 Å². The molecule has 2 unspecified atom stereocenters. The van der Waals surface area contributed by atoms with E-state index in [0.29, 0.717) is 5.92 Å². The van der Waals surface area contributed by atoms with Crippen LogP contribution in [0.5, 0.6) is 0 Å². The maximum Gasteiger partial charge on any atom is 0.315 e. The molecule has 0 saturated carbocycles. The molecule has 0 aromatic heterocycles. The van der Waals surface area contributed by atoms with Gasteiger partial charge in [-0.15, -0.1) is 0 Å². The van der Waals surface area contributed by atoms with Crippen LogP contribution in [0.15, 0.2) is 0 Å². The molecule has 28 heavy (non-hydrogen) atoms. The first kappa shape index (κ1) is 29.1. The molecular formula is C18H50O4Si6. The second kappa shape index (κ2) is 10.6. The topological polar surface area (TPSA) is 36.9 Å². The number of rotatable bonds is 13. The van der Waals surface area contributed by atoms with E-state index in [2.05, 4.69) is 92.4 Å². The molecule has 0 aliphatic carbocycles. The lowest BCUT2D eigenvalue weighted by atomic mass is 10.3. The van der Waals surface area contributed by atoms with E-state index in [1.165, 1.54) is 6.04 Å². The summed E-state index contributed by atoms with van der Waals surface area (Å²) in [4.78, 5) is 0. The fraction of sp³-hybridized carbons (Fsp3) is 1.00. The quantitative estimate of drug-likeness (QED) is 0.264. The molecule has 170 valence electrons. The second-order valence-electron chi connectivity index (χ2n) is 11.9. The Morgan fingerprint density at radius 3 is 1.57 bits per heavy atom. The Morgan fingerprint density at radius 2 is 1.18 bits per heavy atom. The Labute approximate surface area is 183 Å². The average molecular weight is 499 g/mol. The van der Waals surface area contributed by atoms with Gasteiger partial charge in [-0.2, -0.15) is 0 Å². The van der Waals surface area contributed by atoms with Gasteiger partial charge in [0.15, 0.2) is 34.0 Å². The van der Waals surface area contributed by atoms with Gasteiger partial charge in [-0.25, -0.2) is 0 Å². The summed E-state index contributed by atoms with van der Waals surface area (Å²) in [6, 6.07) is 3.41. The van der Waals surface area contributed by atoms with Gasteiger partial charge in [-0.1, -0.05) is 13.8 Å². The van der Waals surface area contributed by atoms with Crippen LogP contribution >= 0.6 is 0 Å². The molecule has 0 N–H and O–H groups in total. The SMILES string of the molecule is CC(C)C[Si](C)(C)O[SiH](C)CC[Si](C)(O[Si](C)(C)C)O[Si](C)(C)O[Si](C)(C)C. The maximum atomic E-state index is 6.80. The molecule has 0 bridgehead atoms. The van der Waals surface area contributed by atoms with E-state index in [9.17, 15) is 0 Å². The third kappa shape index (κ3) is 15.0. The normalized spacial score (nSPS) is 17.7. The van der Waals surface area contributed by atoms with Crippen LogP contribution < -0.4 is 0 Å². The molecule has 0 aromatic carbocycles. The monoisotopic (exact) mass is 498 g/mol. The number of hydrogen-bond acceptors (Lipinski definition) is 4. The van der Waals surface area contributed by atoms with E-state index in [1.54, 1.807) is 0 Å². The highest BCUT2D eigenvalue weighted by Gasteiger charge is 2.44. The summed E-state index contributed by atoms with van der Waals surface area (Å²) < 4.78 is 26.7. The van der Waals surface area contributed by atoms with Crippen LogP contribution in [0, 0.1) is 5.92 Å². The Morgan fingerprint density at radius 1 is 0.714 bits per heavy atom. The fourth-order valence-electron chi connectivity index (χ4n) is 4.15. The van der Waals surface area contributed by atoms with Crippen molar-refractivity contribution in [3.63, 3.8) is 0 Å². The first-order chi connectivity index (χ1) is 12.1. The van der Waals surface area contributed by atoms with E-state index < -0.39 is 51.1 Å². The Balaban J connectivity index is 5.16. The van der Waals surface area contributed by atoms with Gasteiger partial charge in [0.25, 0.3) is 0 Å². The van der Waals surface area contributed by atoms with Crippen molar-refractivity contribution in [3.8, 4) is 0 Å². The first-order valence-corrected chi connectivity index (χ1v) is 28.6. The molecule has 0 saturated heterocycles. The Kier molecular flexibility index (Phi) is 11.1. The maximum absolute atomic E-state index is 6.80. The van der Waals surface area contributed by atoms with Gasteiger partial charge < -0.3 is 16.5 Å². The molecular weight excluding hydrogens is 449 g/mol. The van der Waals surface area contributed by atoms with Crippen molar-refractivity contribution in [2.24, 2.45) is 5.92 Å². The molecule has 0 amide bonds. The van der Waals surface area contributed by atoms with Crippen molar-refractivity contribution in [3.05, 3.63) is 0 Å². The van der Waals surface area contributed by atoms with Gasteiger partial charge in [0.05, 0.1) is 0 Å². The van der Waals surface area contributed by atoms with Crippen molar-refractivity contribution >= 4 is 51.1 Å². The molecule has 0 aromatic rings. The lowest BCUT2D eigenvalue weighted by molar-refractivity contribution is 0.324. The largest absolute Gasteiger partial charge is 0.458 e. The third-order valence-corrected chi connectivity index (χ3v) is 25.1. The summed E-state index contributed by atoms with van der Waals surface area (Å²) in [7, 11) is -10.6. The van der Waals surface area contributed by atoms with Crippen LogP contribution in [-0.2, 0) is 16.5 Å². The molecule has 4 nitrogen and oxygen atoms in total. The van der Waals surface area contributed by atoms with Gasteiger partial charge in [0.1, 0.15) is 0 Å². The van der Waals surface area contributed by atoms with Gasteiger partial charge in [-0.05, 0) is 103 Å². The molecule has 0 aliphatic rings. The van der Waals surface area contributed by atoms with Crippen molar-refractivity contribution in [2.45, 2.75) is 111 Å². The van der Waals surface area contributed by atoms with E-state index in [1.807, 2.05) is 0 Å². The summed E-state index contributed by atoms with van der Waals surface area (Å²) in [5.41, 5.74) is 0. The predicted molar refractivity (Wildman–Crippen MR) is 140 cm³/mol. The van der Waals surface area contributed by atoms with Gasteiger partial charge in [-0.3, -0.25) is 0 Å². The van der Waals surface area contributed by atoms with Crippen molar-refractivity contribution in [2.75, 3.05) is 0 Å². The van der Waals surface area contributed by atoms with Crippen molar-refractivity contribution in [1.82, 2.24) is 0 Å². The summed E-state index contributed by atoms with van der Waals surface area (Å²) in [5.74, 6) is 0.714. The van der Waals surface area contributed by atoms with Crippen LogP contribution in [0.4, 0.5) is 0 Å². The average Bonchev–Trinajstić information content (AvgIpc) is 2.27. The summed E-state index contributed by atoms with van der Waals surface area (Å²) >= 11 is 0. The fourth-order valence-corrected chi connectivity index (χ4v) is 32.2. The van der Waals surface area contributed by atoms with Crippen molar-refractivity contribution < 1.29 is 16.5 Å². The smallest absolute Gasteiger partial charge is 0.315 e. The zero-order chi connectivity index (χ0) is 22.6. The molecule has 10 heteroatoms. The summed E-state index contributed by atoms with van der Waals surface area (Å²) in [6.07, 6.45) is 0. The highest BCUT2D eigenvalue weighted by atomic mass is 28.5. The zero-order valence-corrected chi connectivity index (χ0v) is 27.6. The molecule has 0 fully saturated rings. The zero-order valence-electron chi connectivity index (χ0n) is 21.4. The standard InChI is InChI=1S/C18H50O4Si6/c1-18(2)17-26(10,11)19-23(3)15-16-28(14,21-25(7,8)9)22-27(12,13)20-24(4,5)6/h18,23H,15-17H2,1-14H3. The highest BCUT2D eigenvalue weighted by molar-refractivity contribution is 6.89. The summed E-state index contributed by atoms with van der Waals surface area (Å²) in [5, 5.41) is 0. The lowest BCUT2D eigenvalue weighted by Gasteiger charge is -2.41. The molecule has 0 radical (unpaired) electrons. The van der Waals surface area contributed by atoms with Gasteiger partial charge >= 0.3 is 17.1 Å². The minimum Gasteiger partial charge on any atom is -0.458 e. The minimum atomic E-state index is -2.30. The molecule has 0 spiro atoms. The van der Waals surface area contributed by atoms with Crippen LogP contribution in [0.3, 0.4) is 0 Å². The van der Waals surface area contributed by atoms with E-state index in [4.69, 9.17) is 16.5 Å². The van der Waals surface area contributed by atoms with Crippen LogP contribution in [0.1, 0.15) is 13.8 Å². The van der Waals surface area contributed by atoms with Crippen LogP contribution in [-0.4, -0.2) is 51.1 Å². The van der Waals surface area contributed by atoms with Gasteiger partial charge in [0.2, 0.25) is 0 Å². The summed E-state index contributed by atoms with van der Waals surface area (Å²) in [6.45, 7) is 31.9. The molecule has 0 rings (SSSR count). The Bertz CT molecular complexity index is 474. The minimum absolute atomic E-state index is 0.714. The highest BCUT2D eigenvalue weighted by Crippen LogP contribution is 2.29. The molecule has 2 atom stereocenters. The lowest BCUT2D eigenvalue weighted by Crippen LogP contribution is -2.57. The Hall–Kier alpha value is 1.14. The molecule has 0 heterocycles. The second-order valence-corrected chi connectivity index (χ2v) is 35.4. The first-order valence-electron chi connectivity index (χ1n) is 10.9. The van der Waals surface area contributed by atoms with E-state index in [-0.39, 0.29) is 0 Å². The van der Waals surface area contributed by atoms with Crippen molar-refractivity contribution in [1.29, 1.82) is 0 Å². The predicted octanol–water partition coefficient (Wildman–Crippen LogP) is 6.71. The van der Waals surface area contributed by atoms with Gasteiger partial charge in [0, 0.05) is 0 Å².